The predicted molar refractivity (Wildman–Crippen MR) is 122 cm³/mol. The highest BCUT2D eigenvalue weighted by molar-refractivity contribution is 5.54. The summed E-state index contributed by atoms with van der Waals surface area (Å²) in [5.41, 5.74) is 1.47. The van der Waals surface area contributed by atoms with E-state index in [1.165, 1.54) is 44.1 Å². The molecule has 6 aliphatic rings. The first kappa shape index (κ1) is 21.1. The van der Waals surface area contributed by atoms with Crippen molar-refractivity contribution in [3.63, 3.8) is 0 Å². The number of benzene rings is 1. The zero-order valence-corrected chi connectivity index (χ0v) is 19.3. The van der Waals surface area contributed by atoms with Crippen LogP contribution < -0.4 is 4.74 Å². The van der Waals surface area contributed by atoms with Crippen molar-refractivity contribution >= 4 is 0 Å². The number of phenols is 1. The van der Waals surface area contributed by atoms with E-state index in [9.17, 15) is 15.2 Å². The molecule has 0 saturated heterocycles. The van der Waals surface area contributed by atoms with E-state index in [0.29, 0.717) is 12.2 Å². The molecule has 1 heterocycles. The van der Waals surface area contributed by atoms with E-state index in [1.54, 1.807) is 0 Å². The third-order valence-electron chi connectivity index (χ3n) is 9.83. The van der Waals surface area contributed by atoms with Crippen molar-refractivity contribution in [1.29, 1.82) is 0 Å². The Kier molecular flexibility index (Phi) is 4.67. The second kappa shape index (κ2) is 7.29. The van der Waals surface area contributed by atoms with Crippen molar-refractivity contribution < 1.29 is 19.8 Å². The molecule has 33 heavy (non-hydrogen) atoms. The summed E-state index contributed by atoms with van der Waals surface area (Å²) >= 11 is 0. The predicted octanol–water partition coefficient (Wildman–Crippen LogP) is 5.35. The van der Waals surface area contributed by atoms with Crippen molar-refractivity contribution in [2.45, 2.75) is 81.6 Å². The van der Waals surface area contributed by atoms with Gasteiger partial charge in [-0.15, -0.1) is 16.5 Å². The molecule has 0 radical (unpaired) electrons. The summed E-state index contributed by atoms with van der Waals surface area (Å²) in [5.74, 6) is 6.53. The van der Waals surface area contributed by atoms with Crippen molar-refractivity contribution in [3.05, 3.63) is 33.4 Å². The number of phenolic OH excluding ortho intramolecular Hbond substituents is 1. The third-order valence-corrected chi connectivity index (χ3v) is 9.83. The summed E-state index contributed by atoms with van der Waals surface area (Å²) < 4.78 is 6.52. The maximum atomic E-state index is 11.4. The average molecular weight is 452 g/mol. The number of aromatic hydroxyl groups is 1. The van der Waals surface area contributed by atoms with E-state index in [4.69, 9.17) is 16.0 Å². The van der Waals surface area contributed by atoms with Crippen LogP contribution >= 0.6 is 0 Å². The molecule has 4 atom stereocenters. The van der Waals surface area contributed by atoms with Gasteiger partial charge in [0.2, 0.25) is 0 Å². The third kappa shape index (κ3) is 3.30. The number of nitrogens with zero attached hydrogens (tertiary/aromatic N) is 1. The van der Waals surface area contributed by atoms with Gasteiger partial charge in [-0.1, -0.05) is 5.92 Å². The van der Waals surface area contributed by atoms with Crippen LogP contribution in [-0.4, -0.2) is 22.4 Å². The molecule has 0 amide bonds. The fourth-order valence-corrected chi connectivity index (χ4v) is 8.83. The van der Waals surface area contributed by atoms with Gasteiger partial charge in [-0.25, -0.2) is 0 Å². The van der Waals surface area contributed by atoms with Crippen LogP contribution in [0.4, 0.5) is 0 Å². The van der Waals surface area contributed by atoms with Gasteiger partial charge in [0.1, 0.15) is 11.5 Å². The lowest BCUT2D eigenvalue weighted by Crippen LogP contribution is -2.49. The van der Waals surface area contributed by atoms with Gasteiger partial charge in [0.25, 0.3) is 5.09 Å². The molecule has 1 aromatic carbocycles. The maximum absolute atomic E-state index is 11.4. The number of hydrogen-bond donors (Lipinski definition) is 1. The first-order chi connectivity index (χ1) is 15.8. The molecule has 7 rings (SSSR count). The Morgan fingerprint density at radius 3 is 2.45 bits per heavy atom. The Bertz CT molecular complexity index is 993. The van der Waals surface area contributed by atoms with Crippen LogP contribution in [0.1, 0.15) is 81.8 Å². The van der Waals surface area contributed by atoms with Crippen molar-refractivity contribution in [3.8, 4) is 23.8 Å². The SMILES string of the molecule is C#C[C@]1(C)Oc2cc(C34CC5CC(CC(C5)C3)C4)cc(O)c2[C@@H]2C[C@H](CO[N+](=O)[O-])CC[C@H]21. The molecule has 5 fully saturated rings. The lowest BCUT2D eigenvalue weighted by molar-refractivity contribution is -0.759. The van der Waals surface area contributed by atoms with E-state index in [0.717, 1.165) is 41.9 Å². The largest absolute Gasteiger partial charge is 0.508 e. The first-order valence-electron chi connectivity index (χ1n) is 12.6. The molecule has 5 aliphatic carbocycles. The van der Waals surface area contributed by atoms with E-state index < -0.39 is 10.7 Å². The molecule has 6 heteroatoms. The topological polar surface area (TPSA) is 81.8 Å². The highest BCUT2D eigenvalue weighted by Gasteiger charge is 2.53. The minimum absolute atomic E-state index is 0.00863. The molecule has 1 N–H and O–H groups in total. The van der Waals surface area contributed by atoms with Crippen LogP contribution in [0.2, 0.25) is 0 Å². The minimum Gasteiger partial charge on any atom is -0.508 e. The van der Waals surface area contributed by atoms with Crippen LogP contribution in [0.25, 0.3) is 0 Å². The Morgan fingerprint density at radius 1 is 1.18 bits per heavy atom. The van der Waals surface area contributed by atoms with Crippen LogP contribution in [0.5, 0.6) is 11.5 Å². The van der Waals surface area contributed by atoms with E-state index in [1.807, 2.05) is 13.0 Å². The highest BCUT2D eigenvalue weighted by Crippen LogP contribution is 2.63. The average Bonchev–Trinajstić information content (AvgIpc) is 2.76. The number of hydrogen-bond acceptors (Lipinski definition) is 5. The van der Waals surface area contributed by atoms with Crippen LogP contribution in [0, 0.1) is 52.0 Å². The summed E-state index contributed by atoms with van der Waals surface area (Å²) in [6.45, 7) is 2.07. The van der Waals surface area contributed by atoms with Gasteiger partial charge in [0, 0.05) is 11.5 Å². The molecule has 176 valence electrons. The highest BCUT2D eigenvalue weighted by atomic mass is 16.9. The summed E-state index contributed by atoms with van der Waals surface area (Å²) in [7, 11) is 0. The fraction of sp³-hybridized carbons (Fsp3) is 0.704. The molecule has 6 nitrogen and oxygen atoms in total. The molecule has 1 aromatic rings. The van der Waals surface area contributed by atoms with Gasteiger partial charge >= 0.3 is 0 Å². The molecule has 0 spiro atoms. The zero-order chi connectivity index (χ0) is 23.0. The standard InChI is InChI=1S/C27H33NO5/c1-3-26(2)22-5-4-16(15-32-28(30)31)9-21(22)25-23(29)10-20(11-24(25)33-26)27-12-17-6-18(13-27)8-19(7-17)14-27/h1,10-11,16-19,21-22,29H,4-9,12-15H2,2H3/t16-,17?,18?,19?,21-,22-,26+,27?/m1/s1. The van der Waals surface area contributed by atoms with Crippen molar-refractivity contribution in [1.82, 2.24) is 0 Å². The zero-order valence-electron chi connectivity index (χ0n) is 19.3. The number of ether oxygens (including phenoxy) is 1. The van der Waals surface area contributed by atoms with E-state index in [-0.39, 0.29) is 29.8 Å². The summed E-state index contributed by atoms with van der Waals surface area (Å²) in [6, 6.07) is 4.20. The molecule has 0 aromatic heterocycles. The fourth-order valence-electron chi connectivity index (χ4n) is 8.83. The van der Waals surface area contributed by atoms with Crippen LogP contribution in [0.15, 0.2) is 12.1 Å². The van der Waals surface area contributed by atoms with Crippen LogP contribution in [0.3, 0.4) is 0 Å². The smallest absolute Gasteiger partial charge is 0.294 e. The lowest BCUT2D eigenvalue weighted by Gasteiger charge is -2.57. The van der Waals surface area contributed by atoms with Gasteiger partial charge in [0.15, 0.2) is 5.60 Å². The normalized spacial score (nSPS) is 42.5. The van der Waals surface area contributed by atoms with Gasteiger partial charge in [-0.05, 0) is 117 Å². The molecule has 4 bridgehead atoms. The molecule has 1 aliphatic heterocycles. The second-order valence-corrected chi connectivity index (χ2v) is 11.9. The maximum Gasteiger partial charge on any atom is 0.294 e. The summed E-state index contributed by atoms with van der Waals surface area (Å²) in [5, 5.41) is 21.4. The Morgan fingerprint density at radius 2 is 1.85 bits per heavy atom. The monoisotopic (exact) mass is 451 g/mol. The van der Waals surface area contributed by atoms with Crippen molar-refractivity contribution in [2.75, 3.05) is 6.61 Å². The summed E-state index contributed by atoms with van der Waals surface area (Å²) in [4.78, 5) is 15.4. The van der Waals surface area contributed by atoms with E-state index in [2.05, 4.69) is 12.0 Å². The van der Waals surface area contributed by atoms with Crippen LogP contribution in [-0.2, 0) is 10.3 Å². The van der Waals surface area contributed by atoms with E-state index >= 15 is 0 Å². The van der Waals surface area contributed by atoms with Gasteiger partial charge in [-0.3, -0.25) is 0 Å². The quantitative estimate of drug-likeness (QED) is 0.379. The number of fused-ring (bicyclic) bond motifs is 3. The Labute approximate surface area is 195 Å². The lowest BCUT2D eigenvalue weighted by atomic mass is 9.48. The molecular formula is C27H33NO5. The van der Waals surface area contributed by atoms with Gasteiger partial charge < -0.3 is 14.7 Å². The van der Waals surface area contributed by atoms with Gasteiger partial charge in [-0.2, -0.15) is 0 Å². The van der Waals surface area contributed by atoms with Crippen molar-refractivity contribution in [2.24, 2.45) is 29.6 Å². The Hall–Kier alpha value is -2.42. The number of terminal acetylenes is 1. The molecule has 5 saturated carbocycles. The Balaban J connectivity index is 1.37. The minimum atomic E-state index is -0.751. The second-order valence-electron chi connectivity index (χ2n) is 11.9. The number of rotatable bonds is 4. The van der Waals surface area contributed by atoms with Gasteiger partial charge in [0.05, 0.1) is 6.61 Å². The molecular weight excluding hydrogens is 418 g/mol. The summed E-state index contributed by atoms with van der Waals surface area (Å²) in [6.07, 6.45) is 16.1. The molecule has 0 unspecified atom stereocenters. The first-order valence-corrected chi connectivity index (χ1v) is 12.6.